The molecule has 3 fully saturated rings. The van der Waals surface area contributed by atoms with Gasteiger partial charge in [-0.2, -0.15) is 0 Å². The Morgan fingerprint density at radius 3 is 2.86 bits per heavy atom. The fraction of sp³-hybridized carbons (Fsp3) is 0.688. The van der Waals surface area contributed by atoms with Gasteiger partial charge in [-0.05, 0) is 50.7 Å². The summed E-state index contributed by atoms with van der Waals surface area (Å²) in [6.45, 7) is 4.33. The van der Waals surface area contributed by atoms with Crippen LogP contribution in [-0.2, 0) is 9.53 Å². The zero-order valence-corrected chi connectivity index (χ0v) is 13.2. The lowest BCUT2D eigenvalue weighted by Gasteiger charge is -2.23. The highest BCUT2D eigenvalue weighted by Gasteiger charge is 2.59. The summed E-state index contributed by atoms with van der Waals surface area (Å²) >= 11 is 1.78. The van der Waals surface area contributed by atoms with Crippen LogP contribution in [0.15, 0.2) is 12.1 Å². The van der Waals surface area contributed by atoms with Gasteiger partial charge in [-0.15, -0.1) is 11.3 Å². The number of carbonyl (C=O) groups is 1. The summed E-state index contributed by atoms with van der Waals surface area (Å²) in [6, 6.07) is 4.27. The van der Waals surface area contributed by atoms with Crippen molar-refractivity contribution in [1.29, 1.82) is 0 Å². The van der Waals surface area contributed by atoms with Crippen LogP contribution in [-0.4, -0.2) is 36.1 Å². The molecule has 2 heterocycles. The van der Waals surface area contributed by atoms with Crippen molar-refractivity contribution in [2.75, 3.05) is 19.8 Å². The maximum Gasteiger partial charge on any atom is 0.244 e. The number of hydrogen-bond acceptors (Lipinski definition) is 4. The summed E-state index contributed by atoms with van der Waals surface area (Å²) in [5, 5.41) is 3.56. The summed E-state index contributed by atoms with van der Waals surface area (Å²) in [5.74, 6) is 1.05. The Bertz CT molecular complexity index is 548. The van der Waals surface area contributed by atoms with Gasteiger partial charge in [0, 0.05) is 22.9 Å². The number of aryl methyl sites for hydroxylation is 1. The topological polar surface area (TPSA) is 41.6 Å². The van der Waals surface area contributed by atoms with Crippen LogP contribution in [0, 0.1) is 12.8 Å². The smallest absolute Gasteiger partial charge is 0.244 e. The number of hydrogen-bond donors (Lipinski definition) is 1. The molecule has 1 unspecified atom stereocenters. The number of rotatable bonds is 6. The molecule has 114 valence electrons. The van der Waals surface area contributed by atoms with Gasteiger partial charge in [-0.25, -0.2) is 0 Å². The molecule has 1 saturated heterocycles. The quantitative estimate of drug-likeness (QED) is 0.821. The lowest BCUT2D eigenvalue weighted by atomic mass is 10.3. The van der Waals surface area contributed by atoms with Crippen LogP contribution in [0.5, 0.6) is 0 Å². The third kappa shape index (κ3) is 2.62. The van der Waals surface area contributed by atoms with E-state index in [1.807, 2.05) is 4.90 Å². The Hall–Kier alpha value is -0.910. The lowest BCUT2D eigenvalue weighted by molar-refractivity contribution is -0.131. The Labute approximate surface area is 129 Å². The van der Waals surface area contributed by atoms with Crippen molar-refractivity contribution in [3.05, 3.63) is 21.9 Å². The largest absolute Gasteiger partial charge is 0.379 e. The van der Waals surface area contributed by atoms with Gasteiger partial charge < -0.3 is 9.64 Å². The van der Waals surface area contributed by atoms with E-state index in [0.717, 1.165) is 25.4 Å². The molecule has 21 heavy (non-hydrogen) atoms. The van der Waals surface area contributed by atoms with E-state index < -0.39 is 0 Å². The molecular weight excluding hydrogens is 284 g/mol. The van der Waals surface area contributed by atoms with Crippen molar-refractivity contribution in [3.63, 3.8) is 0 Å². The van der Waals surface area contributed by atoms with Gasteiger partial charge in [0.1, 0.15) is 11.7 Å². The highest BCUT2D eigenvalue weighted by molar-refractivity contribution is 7.12. The van der Waals surface area contributed by atoms with E-state index >= 15 is 0 Å². The zero-order valence-electron chi connectivity index (χ0n) is 12.4. The van der Waals surface area contributed by atoms with Gasteiger partial charge in [0.25, 0.3) is 0 Å². The Morgan fingerprint density at radius 2 is 2.24 bits per heavy atom. The van der Waals surface area contributed by atoms with Crippen molar-refractivity contribution in [3.8, 4) is 0 Å². The van der Waals surface area contributed by atoms with Crippen molar-refractivity contribution in [2.24, 2.45) is 5.92 Å². The maximum absolute atomic E-state index is 12.6. The van der Waals surface area contributed by atoms with E-state index in [2.05, 4.69) is 24.4 Å². The highest BCUT2D eigenvalue weighted by atomic mass is 32.1. The first kappa shape index (κ1) is 13.7. The van der Waals surface area contributed by atoms with Crippen LogP contribution >= 0.6 is 11.3 Å². The summed E-state index contributed by atoms with van der Waals surface area (Å²) in [5.41, 5.74) is -0.251. The molecular formula is C16H22N2O2S. The van der Waals surface area contributed by atoms with E-state index in [1.165, 1.54) is 22.6 Å². The molecule has 0 aromatic carbocycles. The Kier molecular flexibility index (Phi) is 3.32. The molecule has 2 saturated carbocycles. The highest BCUT2D eigenvalue weighted by Crippen LogP contribution is 2.46. The van der Waals surface area contributed by atoms with Crippen molar-refractivity contribution in [2.45, 2.75) is 44.3 Å². The molecule has 1 aromatic rings. The number of ether oxygens (including phenoxy) is 1. The third-order valence-electron chi connectivity index (χ3n) is 4.70. The minimum Gasteiger partial charge on any atom is -0.379 e. The zero-order chi connectivity index (χ0) is 14.4. The average Bonchev–Trinajstić information content (AvgIpc) is 3.36. The summed E-state index contributed by atoms with van der Waals surface area (Å²) < 4.78 is 5.73. The molecule has 2 aliphatic carbocycles. The van der Waals surface area contributed by atoms with E-state index in [-0.39, 0.29) is 17.6 Å². The van der Waals surface area contributed by atoms with Gasteiger partial charge in [0.05, 0.1) is 6.61 Å². The predicted octanol–water partition coefficient (Wildman–Crippen LogP) is 2.45. The van der Waals surface area contributed by atoms with Gasteiger partial charge in [-0.1, -0.05) is 0 Å². The molecule has 1 aromatic heterocycles. The monoisotopic (exact) mass is 306 g/mol. The summed E-state index contributed by atoms with van der Waals surface area (Å²) in [7, 11) is 0. The van der Waals surface area contributed by atoms with Crippen LogP contribution in [0.1, 0.15) is 41.6 Å². The second-order valence-corrected chi connectivity index (χ2v) is 7.91. The van der Waals surface area contributed by atoms with Gasteiger partial charge >= 0.3 is 0 Å². The van der Waals surface area contributed by atoms with Gasteiger partial charge in [-0.3, -0.25) is 10.1 Å². The Balaban J connectivity index is 1.43. The van der Waals surface area contributed by atoms with Crippen LogP contribution in [0.4, 0.5) is 0 Å². The van der Waals surface area contributed by atoms with Gasteiger partial charge in [0.15, 0.2) is 0 Å². The van der Waals surface area contributed by atoms with E-state index in [4.69, 9.17) is 4.74 Å². The van der Waals surface area contributed by atoms with Crippen molar-refractivity contribution < 1.29 is 9.53 Å². The van der Waals surface area contributed by atoms with Crippen molar-refractivity contribution >= 4 is 17.2 Å². The lowest BCUT2D eigenvalue weighted by Crippen LogP contribution is -2.34. The normalized spacial score (nSPS) is 26.8. The molecule has 4 rings (SSSR count). The van der Waals surface area contributed by atoms with E-state index in [1.54, 1.807) is 11.3 Å². The molecule has 0 radical (unpaired) electrons. The number of nitrogens with zero attached hydrogens (tertiary/aromatic N) is 1. The van der Waals surface area contributed by atoms with Crippen LogP contribution in [0.25, 0.3) is 0 Å². The minimum absolute atomic E-state index is 0.0447. The second kappa shape index (κ2) is 5.07. The molecule has 5 heteroatoms. The molecule has 4 nitrogen and oxygen atoms in total. The van der Waals surface area contributed by atoms with Crippen LogP contribution in [0.2, 0.25) is 0 Å². The average molecular weight is 306 g/mol. The summed E-state index contributed by atoms with van der Waals surface area (Å²) in [6.07, 6.45) is 4.62. The first-order valence-electron chi connectivity index (χ1n) is 7.91. The maximum atomic E-state index is 12.6. The van der Waals surface area contributed by atoms with Crippen LogP contribution < -0.4 is 5.32 Å². The molecule has 3 aliphatic rings. The molecule has 1 amide bonds. The van der Waals surface area contributed by atoms with E-state index in [0.29, 0.717) is 13.2 Å². The predicted molar refractivity (Wildman–Crippen MR) is 82.2 cm³/mol. The SMILES string of the molecule is Cc1ccc(C2NC3(CC3)C(=O)N2CCOCC2CC2)s1. The fourth-order valence-electron chi connectivity index (χ4n) is 3.03. The van der Waals surface area contributed by atoms with Crippen LogP contribution in [0.3, 0.4) is 0 Å². The molecule has 1 N–H and O–H groups in total. The standard InChI is InChI=1S/C16H22N2O2S/c1-11-2-5-13(21-11)14-17-16(6-7-16)15(19)18(14)8-9-20-10-12-3-4-12/h2,5,12,14,17H,3-4,6-10H2,1H3. The minimum atomic E-state index is -0.251. The first-order valence-corrected chi connectivity index (χ1v) is 8.72. The molecule has 1 atom stereocenters. The van der Waals surface area contributed by atoms with E-state index in [9.17, 15) is 4.79 Å². The number of carbonyl (C=O) groups excluding carboxylic acids is 1. The van der Waals surface area contributed by atoms with Crippen molar-refractivity contribution in [1.82, 2.24) is 10.2 Å². The fourth-order valence-corrected chi connectivity index (χ4v) is 3.97. The number of nitrogens with one attached hydrogen (secondary N) is 1. The third-order valence-corrected chi connectivity index (χ3v) is 5.76. The summed E-state index contributed by atoms with van der Waals surface area (Å²) in [4.78, 5) is 17.2. The first-order chi connectivity index (χ1) is 10.2. The molecule has 1 aliphatic heterocycles. The Morgan fingerprint density at radius 1 is 1.43 bits per heavy atom. The molecule has 0 bridgehead atoms. The molecule has 1 spiro atoms. The number of amides is 1. The van der Waals surface area contributed by atoms with Gasteiger partial charge in [0.2, 0.25) is 5.91 Å². The second-order valence-electron chi connectivity index (χ2n) is 6.59. The number of thiophene rings is 1.